The Labute approximate surface area is 94.6 Å². The molecule has 1 N–H and O–H groups in total. The second kappa shape index (κ2) is 4.91. The highest BCUT2D eigenvalue weighted by Crippen LogP contribution is 2.15. The lowest BCUT2D eigenvalue weighted by Gasteiger charge is -2.08. The van der Waals surface area contributed by atoms with E-state index in [1.165, 1.54) is 0 Å². The van der Waals surface area contributed by atoms with Gasteiger partial charge in [0.25, 0.3) is 0 Å². The summed E-state index contributed by atoms with van der Waals surface area (Å²) in [5.41, 5.74) is 1.74. The number of aliphatic hydroxyl groups excluding tert-OH is 1. The van der Waals surface area contributed by atoms with Crippen LogP contribution in [-0.4, -0.2) is 25.5 Å². The Morgan fingerprint density at radius 2 is 2.29 bits per heavy atom. The van der Waals surface area contributed by atoms with Crippen molar-refractivity contribution in [1.29, 1.82) is 0 Å². The first kappa shape index (κ1) is 11.7. The third-order valence-electron chi connectivity index (χ3n) is 2.06. The van der Waals surface area contributed by atoms with Gasteiger partial charge in [0.1, 0.15) is 5.82 Å². The molecule has 0 aliphatic heterocycles. The molecule has 0 aliphatic carbocycles. The number of aryl methyl sites for hydroxylation is 2. The Kier molecular flexibility index (Phi) is 4.10. The summed E-state index contributed by atoms with van der Waals surface area (Å²) in [7, 11) is 0. The molecule has 5 heteroatoms. The zero-order valence-corrected chi connectivity index (χ0v) is 10.0. The van der Waals surface area contributed by atoms with Gasteiger partial charge in [-0.25, -0.2) is 4.98 Å². The van der Waals surface area contributed by atoms with Gasteiger partial charge in [0, 0.05) is 13.0 Å². The van der Waals surface area contributed by atoms with E-state index in [4.69, 9.17) is 17.3 Å². The summed E-state index contributed by atoms with van der Waals surface area (Å²) in [6.07, 6.45) is 0.831. The monoisotopic (exact) mass is 230 g/mol. The van der Waals surface area contributed by atoms with Gasteiger partial charge in [-0.1, -0.05) is 19.1 Å². The molecule has 1 aromatic heterocycles. The van der Waals surface area contributed by atoms with Gasteiger partial charge in [-0.05, 0) is 6.92 Å². The minimum atomic E-state index is 0.0895. The van der Waals surface area contributed by atoms with Gasteiger partial charge in [0.2, 0.25) is 0 Å². The normalized spacial score (nSPS) is 10.6. The highest BCUT2D eigenvalue weighted by atomic mass is 32.1. The van der Waals surface area contributed by atoms with Crippen molar-refractivity contribution < 1.29 is 5.11 Å². The minimum absolute atomic E-state index is 0.0895. The molecule has 0 fully saturated rings. The molecule has 0 saturated carbocycles. The maximum absolute atomic E-state index is 8.94. The Balaban J connectivity index is 3.23. The molecule has 0 atom stereocenters. The molecular formula is C9H14N2OS2. The molecule has 0 aliphatic rings. The molecular weight excluding hydrogens is 216 g/mol. The minimum Gasteiger partial charge on any atom is -0.395 e. The predicted molar refractivity (Wildman–Crippen MR) is 64.1 cm³/mol. The lowest BCUT2D eigenvalue weighted by molar-refractivity contribution is 0.274. The summed E-state index contributed by atoms with van der Waals surface area (Å²) in [5, 5.41) is 8.94. The van der Waals surface area contributed by atoms with Crippen LogP contribution >= 0.6 is 24.8 Å². The molecule has 3 nitrogen and oxygen atoms in total. The van der Waals surface area contributed by atoms with Crippen molar-refractivity contribution >= 4 is 29.0 Å². The van der Waals surface area contributed by atoms with E-state index in [-0.39, 0.29) is 6.61 Å². The van der Waals surface area contributed by atoms with E-state index in [2.05, 4.69) is 17.6 Å². The van der Waals surface area contributed by atoms with Crippen LogP contribution in [0.3, 0.4) is 0 Å². The average molecular weight is 230 g/mol. The molecule has 0 aromatic carbocycles. The van der Waals surface area contributed by atoms with Gasteiger partial charge in [0.05, 0.1) is 22.2 Å². The summed E-state index contributed by atoms with van der Waals surface area (Å²) in [6.45, 7) is 4.55. The van der Waals surface area contributed by atoms with E-state index < -0.39 is 0 Å². The number of thiol groups is 1. The van der Waals surface area contributed by atoms with Gasteiger partial charge in [-0.3, -0.25) is 0 Å². The number of nitrogens with zero attached hydrogens (tertiary/aromatic N) is 2. The topological polar surface area (TPSA) is 38.0 Å². The van der Waals surface area contributed by atoms with Crippen LogP contribution in [0.1, 0.15) is 24.1 Å². The van der Waals surface area contributed by atoms with Crippen molar-refractivity contribution in [3.05, 3.63) is 17.2 Å². The van der Waals surface area contributed by atoms with Crippen molar-refractivity contribution in [2.45, 2.75) is 26.8 Å². The number of aromatic nitrogens is 2. The van der Waals surface area contributed by atoms with Crippen LogP contribution in [0.25, 0.3) is 0 Å². The van der Waals surface area contributed by atoms with Crippen molar-refractivity contribution in [2.24, 2.45) is 0 Å². The van der Waals surface area contributed by atoms with Crippen molar-refractivity contribution in [3.8, 4) is 0 Å². The van der Waals surface area contributed by atoms with Gasteiger partial charge in [-0.2, -0.15) is 0 Å². The van der Waals surface area contributed by atoms with Gasteiger partial charge in [0.15, 0.2) is 0 Å². The standard InChI is InChI=1S/C9H14N2OS2/c1-3-7-10-6(2)8(9(13)14)11(7)4-5-12/h12H,3-5H2,1-2H3,(H,13,14). The van der Waals surface area contributed by atoms with Gasteiger partial charge < -0.3 is 9.67 Å². The number of rotatable bonds is 4. The number of hydrogen-bond donors (Lipinski definition) is 2. The summed E-state index contributed by atoms with van der Waals surface area (Å²) in [4.78, 5) is 4.38. The average Bonchev–Trinajstić information content (AvgIpc) is 2.43. The van der Waals surface area contributed by atoms with Gasteiger partial charge in [-0.15, -0.1) is 12.6 Å². The Bertz CT molecular complexity index is 347. The predicted octanol–water partition coefficient (Wildman–Crippen LogP) is 1.35. The van der Waals surface area contributed by atoms with E-state index in [0.717, 1.165) is 23.6 Å². The molecule has 14 heavy (non-hydrogen) atoms. The second-order valence-corrected chi connectivity index (χ2v) is 4.15. The first-order valence-electron chi connectivity index (χ1n) is 4.52. The third kappa shape index (κ3) is 2.16. The molecule has 1 rings (SSSR count). The lowest BCUT2D eigenvalue weighted by atomic mass is 10.3. The Hall–Kier alpha value is -0.390. The fourth-order valence-corrected chi connectivity index (χ4v) is 2.05. The maximum atomic E-state index is 8.94. The van der Waals surface area contributed by atoms with Crippen LogP contribution in [-0.2, 0) is 13.0 Å². The summed E-state index contributed by atoms with van der Waals surface area (Å²) < 4.78 is 2.47. The van der Waals surface area contributed by atoms with Crippen LogP contribution < -0.4 is 0 Å². The zero-order valence-electron chi connectivity index (χ0n) is 8.32. The highest BCUT2D eigenvalue weighted by molar-refractivity contribution is 8.11. The fraction of sp³-hybridized carbons (Fsp3) is 0.556. The van der Waals surface area contributed by atoms with E-state index in [1.807, 2.05) is 18.4 Å². The number of thiocarbonyl (C=S) groups is 1. The van der Waals surface area contributed by atoms with Crippen molar-refractivity contribution in [1.82, 2.24) is 9.55 Å². The number of hydrogen-bond acceptors (Lipinski definition) is 3. The molecule has 1 heterocycles. The lowest BCUT2D eigenvalue weighted by Crippen LogP contribution is -2.11. The van der Waals surface area contributed by atoms with Crippen LogP contribution in [0.5, 0.6) is 0 Å². The molecule has 0 saturated heterocycles. The van der Waals surface area contributed by atoms with Crippen LogP contribution in [0, 0.1) is 6.92 Å². The number of aliphatic hydroxyl groups is 1. The summed E-state index contributed by atoms with van der Waals surface area (Å²) >= 11 is 9.20. The molecule has 78 valence electrons. The first-order chi connectivity index (χ1) is 6.61. The first-order valence-corrected chi connectivity index (χ1v) is 5.37. The zero-order chi connectivity index (χ0) is 10.7. The quantitative estimate of drug-likeness (QED) is 0.606. The van der Waals surface area contributed by atoms with E-state index in [0.29, 0.717) is 10.7 Å². The van der Waals surface area contributed by atoms with Crippen LogP contribution in [0.15, 0.2) is 0 Å². The second-order valence-electron chi connectivity index (χ2n) is 3.00. The smallest absolute Gasteiger partial charge is 0.109 e. The third-order valence-corrected chi connectivity index (χ3v) is 2.47. The molecule has 0 spiro atoms. The van der Waals surface area contributed by atoms with Crippen molar-refractivity contribution in [3.63, 3.8) is 0 Å². The van der Waals surface area contributed by atoms with Crippen molar-refractivity contribution in [2.75, 3.05) is 6.61 Å². The highest BCUT2D eigenvalue weighted by Gasteiger charge is 2.14. The Morgan fingerprint density at radius 1 is 1.64 bits per heavy atom. The van der Waals surface area contributed by atoms with Crippen LogP contribution in [0.2, 0.25) is 0 Å². The molecule has 0 bridgehead atoms. The molecule has 0 amide bonds. The van der Waals surface area contributed by atoms with E-state index in [1.54, 1.807) is 0 Å². The fourth-order valence-electron chi connectivity index (χ4n) is 1.51. The SMILES string of the molecule is CCc1nc(C)c(C(=S)S)n1CCO. The molecule has 0 unspecified atom stereocenters. The summed E-state index contributed by atoms with van der Waals surface area (Å²) in [5.74, 6) is 0.947. The molecule has 1 aromatic rings. The Morgan fingerprint density at radius 3 is 2.71 bits per heavy atom. The van der Waals surface area contributed by atoms with E-state index in [9.17, 15) is 0 Å². The number of imidazole rings is 1. The van der Waals surface area contributed by atoms with Gasteiger partial charge >= 0.3 is 0 Å². The van der Waals surface area contributed by atoms with Crippen LogP contribution in [0.4, 0.5) is 0 Å². The summed E-state index contributed by atoms with van der Waals surface area (Å²) in [6, 6.07) is 0. The maximum Gasteiger partial charge on any atom is 0.109 e. The molecule has 0 radical (unpaired) electrons. The van der Waals surface area contributed by atoms with E-state index >= 15 is 0 Å². The largest absolute Gasteiger partial charge is 0.395 e.